The number of nitrogens with zero attached hydrogens (tertiary/aromatic N) is 2. The number of ether oxygens (including phenoxy) is 2. The second-order valence-corrected chi connectivity index (χ2v) is 8.67. The van der Waals surface area contributed by atoms with Crippen LogP contribution < -0.4 is 4.74 Å². The summed E-state index contributed by atoms with van der Waals surface area (Å²) in [6, 6.07) is 5.58. The summed E-state index contributed by atoms with van der Waals surface area (Å²) in [5, 5.41) is 0. The van der Waals surface area contributed by atoms with Gasteiger partial charge in [0.15, 0.2) is 0 Å². The van der Waals surface area contributed by atoms with Crippen LogP contribution in [0.1, 0.15) is 26.2 Å². The zero-order chi connectivity index (χ0) is 16.3. The van der Waals surface area contributed by atoms with Crippen LogP contribution in [-0.2, 0) is 14.8 Å². The van der Waals surface area contributed by atoms with E-state index >= 15 is 0 Å². The number of hydrogen-bond donors (Lipinski definition) is 0. The fraction of sp³-hybridized carbons (Fsp3) is 0.688. The smallest absolute Gasteiger partial charge is 0.213 e. The van der Waals surface area contributed by atoms with E-state index in [9.17, 15) is 8.42 Å². The maximum Gasteiger partial charge on any atom is 0.213 e. The SMILES string of the molecule is CCS(=O)(=O)N1CCC2(CC1)COC(COc1ccccn1)C2. The molecule has 2 fully saturated rings. The summed E-state index contributed by atoms with van der Waals surface area (Å²) >= 11 is 0. The number of rotatable bonds is 5. The van der Waals surface area contributed by atoms with Crippen molar-refractivity contribution in [1.82, 2.24) is 9.29 Å². The highest BCUT2D eigenvalue weighted by molar-refractivity contribution is 7.89. The first-order chi connectivity index (χ1) is 11.0. The molecule has 128 valence electrons. The summed E-state index contributed by atoms with van der Waals surface area (Å²) in [5.41, 5.74) is 0.109. The molecule has 0 radical (unpaired) electrons. The highest BCUT2D eigenvalue weighted by atomic mass is 32.2. The molecular formula is C16H24N2O4S. The van der Waals surface area contributed by atoms with E-state index in [4.69, 9.17) is 9.47 Å². The molecule has 7 heteroatoms. The molecule has 23 heavy (non-hydrogen) atoms. The molecule has 3 rings (SSSR count). The lowest BCUT2D eigenvalue weighted by Gasteiger charge is -2.37. The Morgan fingerprint density at radius 1 is 1.39 bits per heavy atom. The van der Waals surface area contributed by atoms with Gasteiger partial charge in [0.05, 0.1) is 18.5 Å². The van der Waals surface area contributed by atoms with Crippen molar-refractivity contribution in [3.05, 3.63) is 24.4 Å². The first-order valence-electron chi connectivity index (χ1n) is 8.16. The van der Waals surface area contributed by atoms with Crippen LogP contribution in [0.2, 0.25) is 0 Å². The first-order valence-corrected chi connectivity index (χ1v) is 9.77. The van der Waals surface area contributed by atoms with Crippen molar-refractivity contribution in [1.29, 1.82) is 0 Å². The lowest BCUT2D eigenvalue weighted by atomic mass is 9.77. The summed E-state index contributed by atoms with van der Waals surface area (Å²) in [4.78, 5) is 4.14. The van der Waals surface area contributed by atoms with Gasteiger partial charge in [-0.1, -0.05) is 6.07 Å². The molecular weight excluding hydrogens is 316 g/mol. The Kier molecular flexibility index (Phi) is 4.89. The maximum atomic E-state index is 11.9. The monoisotopic (exact) mass is 340 g/mol. The Balaban J connectivity index is 1.50. The highest BCUT2D eigenvalue weighted by Crippen LogP contribution is 2.42. The van der Waals surface area contributed by atoms with E-state index < -0.39 is 10.0 Å². The van der Waals surface area contributed by atoms with Gasteiger partial charge in [0.1, 0.15) is 6.61 Å². The molecule has 0 bridgehead atoms. The number of pyridine rings is 1. The molecule has 1 aromatic rings. The molecule has 1 unspecified atom stereocenters. The van der Waals surface area contributed by atoms with E-state index in [1.165, 1.54) is 0 Å². The Morgan fingerprint density at radius 3 is 2.83 bits per heavy atom. The van der Waals surface area contributed by atoms with Gasteiger partial charge in [-0.05, 0) is 37.7 Å². The first kappa shape index (κ1) is 16.7. The molecule has 1 aromatic heterocycles. The van der Waals surface area contributed by atoms with Crippen LogP contribution in [0.5, 0.6) is 5.88 Å². The van der Waals surface area contributed by atoms with Crippen molar-refractivity contribution in [3.63, 3.8) is 0 Å². The molecule has 0 aliphatic carbocycles. The highest BCUT2D eigenvalue weighted by Gasteiger charge is 2.44. The van der Waals surface area contributed by atoms with Crippen molar-refractivity contribution >= 4 is 10.0 Å². The van der Waals surface area contributed by atoms with Gasteiger partial charge in [0.25, 0.3) is 0 Å². The molecule has 2 aliphatic heterocycles. The summed E-state index contributed by atoms with van der Waals surface area (Å²) in [7, 11) is -3.07. The largest absolute Gasteiger partial charge is 0.475 e. The second kappa shape index (κ2) is 6.75. The zero-order valence-electron chi connectivity index (χ0n) is 13.5. The fourth-order valence-corrected chi connectivity index (χ4v) is 4.49. The van der Waals surface area contributed by atoms with Crippen LogP contribution in [0, 0.1) is 5.41 Å². The van der Waals surface area contributed by atoms with Gasteiger partial charge >= 0.3 is 0 Å². The Bertz CT molecular complexity index is 612. The topological polar surface area (TPSA) is 68.7 Å². The number of aromatic nitrogens is 1. The second-order valence-electron chi connectivity index (χ2n) is 6.42. The van der Waals surface area contributed by atoms with Crippen LogP contribution in [0.4, 0.5) is 0 Å². The quantitative estimate of drug-likeness (QED) is 0.816. The molecule has 6 nitrogen and oxygen atoms in total. The van der Waals surface area contributed by atoms with Crippen LogP contribution >= 0.6 is 0 Å². The molecule has 3 heterocycles. The van der Waals surface area contributed by atoms with Crippen molar-refractivity contribution in [3.8, 4) is 5.88 Å². The van der Waals surface area contributed by atoms with E-state index in [2.05, 4.69) is 4.98 Å². The van der Waals surface area contributed by atoms with Gasteiger partial charge in [-0.25, -0.2) is 17.7 Å². The minimum Gasteiger partial charge on any atom is -0.475 e. The third-order valence-corrected chi connectivity index (χ3v) is 6.76. The van der Waals surface area contributed by atoms with E-state index in [1.54, 1.807) is 17.4 Å². The predicted octanol–water partition coefficient (Wildman–Crippen LogP) is 1.68. The summed E-state index contributed by atoms with van der Waals surface area (Å²) in [5.74, 6) is 0.790. The third-order valence-electron chi connectivity index (χ3n) is 4.88. The van der Waals surface area contributed by atoms with Crippen molar-refractivity contribution in [2.45, 2.75) is 32.3 Å². The zero-order valence-corrected chi connectivity index (χ0v) is 14.3. The van der Waals surface area contributed by atoms with Gasteiger partial charge in [-0.2, -0.15) is 0 Å². The van der Waals surface area contributed by atoms with Gasteiger partial charge in [-0.3, -0.25) is 0 Å². The molecule has 1 spiro atoms. The molecule has 0 saturated carbocycles. The Hall–Kier alpha value is -1.18. The molecule has 0 amide bonds. The van der Waals surface area contributed by atoms with E-state index in [-0.39, 0.29) is 17.3 Å². The normalized spacial score (nSPS) is 24.8. The Labute approximate surface area is 137 Å². The standard InChI is InChI=1S/C16H24N2O4S/c1-2-23(19,20)18-9-6-16(7-10-18)11-14(22-13-16)12-21-15-5-3-4-8-17-15/h3-5,8,14H,2,6-7,9-13H2,1H3. The third kappa shape index (κ3) is 3.84. The van der Waals surface area contributed by atoms with Gasteiger partial charge in [0.2, 0.25) is 15.9 Å². The van der Waals surface area contributed by atoms with Crippen molar-refractivity contribution in [2.75, 3.05) is 32.1 Å². The number of hydrogen-bond acceptors (Lipinski definition) is 5. The fourth-order valence-electron chi connectivity index (χ4n) is 3.38. The summed E-state index contributed by atoms with van der Waals surface area (Å²) in [6.07, 6.45) is 4.43. The molecule has 2 saturated heterocycles. The summed E-state index contributed by atoms with van der Waals surface area (Å²) in [6.45, 7) is 4.10. The van der Waals surface area contributed by atoms with Gasteiger partial charge < -0.3 is 9.47 Å². The van der Waals surface area contributed by atoms with Crippen LogP contribution in [0.15, 0.2) is 24.4 Å². The van der Waals surface area contributed by atoms with E-state index in [0.717, 1.165) is 19.3 Å². The summed E-state index contributed by atoms with van der Waals surface area (Å²) < 4.78 is 37.1. The predicted molar refractivity (Wildman–Crippen MR) is 86.8 cm³/mol. The lowest BCUT2D eigenvalue weighted by Crippen LogP contribution is -2.44. The van der Waals surface area contributed by atoms with E-state index in [0.29, 0.717) is 32.2 Å². The number of sulfonamides is 1. The van der Waals surface area contributed by atoms with Gasteiger partial charge in [0, 0.05) is 25.4 Å². The van der Waals surface area contributed by atoms with Crippen LogP contribution in [-0.4, -0.2) is 55.9 Å². The lowest BCUT2D eigenvalue weighted by molar-refractivity contribution is 0.0529. The van der Waals surface area contributed by atoms with Crippen LogP contribution in [0.25, 0.3) is 0 Å². The van der Waals surface area contributed by atoms with Crippen molar-refractivity contribution < 1.29 is 17.9 Å². The molecule has 2 aliphatic rings. The molecule has 1 atom stereocenters. The average molecular weight is 340 g/mol. The van der Waals surface area contributed by atoms with Gasteiger partial charge in [-0.15, -0.1) is 0 Å². The van der Waals surface area contributed by atoms with Crippen LogP contribution in [0.3, 0.4) is 0 Å². The molecule has 0 aromatic carbocycles. The van der Waals surface area contributed by atoms with E-state index in [1.807, 2.05) is 18.2 Å². The minimum atomic E-state index is -3.07. The van der Waals surface area contributed by atoms with Crippen molar-refractivity contribution in [2.24, 2.45) is 5.41 Å². The number of piperidine rings is 1. The molecule has 0 N–H and O–H groups in total. The maximum absolute atomic E-state index is 11.9. The minimum absolute atomic E-state index is 0.0614. The Morgan fingerprint density at radius 2 is 2.17 bits per heavy atom. The average Bonchev–Trinajstić information content (AvgIpc) is 2.97.